The Balaban J connectivity index is 1.87. The van der Waals surface area contributed by atoms with Gasteiger partial charge in [0.25, 0.3) is 0 Å². The Morgan fingerprint density at radius 1 is 0.818 bits per heavy atom. The molecule has 2 aromatic carbocycles. The van der Waals surface area contributed by atoms with E-state index in [-0.39, 0.29) is 28.6 Å². The van der Waals surface area contributed by atoms with Crippen LogP contribution in [-0.2, 0) is 9.59 Å². The van der Waals surface area contributed by atoms with Crippen LogP contribution in [0.25, 0.3) is 18.2 Å². The third kappa shape index (κ3) is 6.21. The zero-order valence-corrected chi connectivity index (χ0v) is 18.8. The van der Waals surface area contributed by atoms with Gasteiger partial charge in [0.05, 0.1) is 19.8 Å². The van der Waals surface area contributed by atoms with Crippen molar-refractivity contribution in [3.8, 4) is 23.0 Å². The van der Waals surface area contributed by atoms with Crippen molar-refractivity contribution < 1.29 is 29.3 Å². The SMILES string of the molecule is COc1cc(/C=C/C(=O)C(=Cc2cccs2)C(=O)/C=C/c2ccc(O)c(OC)c2)ccc1O. The lowest BCUT2D eigenvalue weighted by atomic mass is 10.0. The van der Waals surface area contributed by atoms with Crippen LogP contribution in [0, 0.1) is 0 Å². The second-order valence-corrected chi connectivity index (χ2v) is 7.81. The Bertz CT molecular complexity index is 1160. The highest BCUT2D eigenvalue weighted by Crippen LogP contribution is 2.28. The molecule has 3 rings (SSSR count). The summed E-state index contributed by atoms with van der Waals surface area (Å²) >= 11 is 1.41. The minimum Gasteiger partial charge on any atom is -0.504 e. The van der Waals surface area contributed by atoms with Gasteiger partial charge in [-0.3, -0.25) is 9.59 Å². The van der Waals surface area contributed by atoms with E-state index in [4.69, 9.17) is 9.47 Å². The summed E-state index contributed by atoms with van der Waals surface area (Å²) in [5, 5.41) is 21.3. The van der Waals surface area contributed by atoms with Crippen LogP contribution in [0.3, 0.4) is 0 Å². The molecule has 0 amide bonds. The van der Waals surface area contributed by atoms with Crippen molar-refractivity contribution in [1.29, 1.82) is 0 Å². The minimum absolute atomic E-state index is 0.00133. The molecule has 2 N–H and O–H groups in total. The molecule has 1 heterocycles. The first kappa shape index (κ1) is 23.6. The molecular weight excluding hydrogens is 440 g/mol. The molecule has 168 valence electrons. The molecule has 0 bridgehead atoms. The quantitative estimate of drug-likeness (QED) is 0.260. The third-order valence-corrected chi connectivity index (χ3v) is 5.44. The molecule has 1 aromatic heterocycles. The molecular formula is C26H22O6S. The number of methoxy groups -OCH3 is 2. The van der Waals surface area contributed by atoms with E-state index in [0.717, 1.165) is 4.88 Å². The van der Waals surface area contributed by atoms with Crippen molar-refractivity contribution in [3.63, 3.8) is 0 Å². The first-order valence-corrected chi connectivity index (χ1v) is 10.7. The predicted octanol–water partition coefficient (Wildman–Crippen LogP) is 5.12. The fourth-order valence-electron chi connectivity index (χ4n) is 2.90. The van der Waals surface area contributed by atoms with Crippen molar-refractivity contribution in [1.82, 2.24) is 0 Å². The van der Waals surface area contributed by atoms with Gasteiger partial charge >= 0.3 is 0 Å². The summed E-state index contributed by atoms with van der Waals surface area (Å²) in [5.74, 6) is -0.387. The van der Waals surface area contributed by atoms with Crippen LogP contribution in [-0.4, -0.2) is 36.0 Å². The van der Waals surface area contributed by atoms with Crippen LogP contribution in [0.1, 0.15) is 16.0 Å². The summed E-state index contributed by atoms with van der Waals surface area (Å²) in [6.07, 6.45) is 7.27. The number of benzene rings is 2. The van der Waals surface area contributed by atoms with Gasteiger partial charge in [-0.25, -0.2) is 0 Å². The molecule has 0 aliphatic carbocycles. The van der Waals surface area contributed by atoms with Crippen LogP contribution in [0.2, 0.25) is 0 Å². The molecule has 33 heavy (non-hydrogen) atoms. The molecule has 0 unspecified atom stereocenters. The third-order valence-electron chi connectivity index (χ3n) is 4.62. The average Bonchev–Trinajstić information content (AvgIpc) is 3.34. The van der Waals surface area contributed by atoms with Crippen molar-refractivity contribution in [2.75, 3.05) is 14.2 Å². The maximum atomic E-state index is 12.9. The summed E-state index contributed by atoms with van der Waals surface area (Å²) in [6.45, 7) is 0. The van der Waals surface area contributed by atoms with Gasteiger partial charge in [-0.2, -0.15) is 0 Å². The van der Waals surface area contributed by atoms with E-state index >= 15 is 0 Å². The highest BCUT2D eigenvalue weighted by Gasteiger charge is 2.14. The number of rotatable bonds is 9. The highest BCUT2D eigenvalue weighted by molar-refractivity contribution is 7.10. The van der Waals surface area contributed by atoms with Crippen LogP contribution in [0.15, 0.2) is 71.6 Å². The Labute approximate surface area is 195 Å². The van der Waals surface area contributed by atoms with E-state index < -0.39 is 11.6 Å². The van der Waals surface area contributed by atoms with E-state index in [2.05, 4.69) is 0 Å². The smallest absolute Gasteiger partial charge is 0.189 e. The summed E-state index contributed by atoms with van der Waals surface area (Å²) in [5.41, 5.74) is 1.27. The Morgan fingerprint density at radius 3 is 1.76 bits per heavy atom. The number of phenols is 2. The average molecular weight is 463 g/mol. The number of hydrogen-bond acceptors (Lipinski definition) is 7. The van der Waals surface area contributed by atoms with Gasteiger partial charge in [-0.15, -0.1) is 11.3 Å². The predicted molar refractivity (Wildman–Crippen MR) is 130 cm³/mol. The number of thiophene rings is 1. The molecule has 7 heteroatoms. The Hall–Kier alpha value is -4.10. The second-order valence-electron chi connectivity index (χ2n) is 6.83. The van der Waals surface area contributed by atoms with Gasteiger partial charge in [0.2, 0.25) is 0 Å². The Morgan fingerprint density at radius 2 is 1.33 bits per heavy atom. The molecule has 3 aromatic rings. The topological polar surface area (TPSA) is 93.1 Å². The minimum atomic E-state index is -0.464. The van der Waals surface area contributed by atoms with Crippen LogP contribution < -0.4 is 9.47 Å². The fourth-order valence-corrected chi connectivity index (χ4v) is 3.56. The van der Waals surface area contributed by atoms with Crippen LogP contribution in [0.5, 0.6) is 23.0 Å². The van der Waals surface area contributed by atoms with Crippen molar-refractivity contribution in [3.05, 3.63) is 87.6 Å². The summed E-state index contributed by atoms with van der Waals surface area (Å²) in [4.78, 5) is 26.6. The first-order valence-electron chi connectivity index (χ1n) is 9.85. The summed E-state index contributed by atoms with van der Waals surface area (Å²) in [7, 11) is 2.87. The fraction of sp³-hybridized carbons (Fsp3) is 0.0769. The monoisotopic (exact) mass is 462 g/mol. The first-order chi connectivity index (χ1) is 15.9. The van der Waals surface area contributed by atoms with Crippen LogP contribution >= 0.6 is 11.3 Å². The lowest BCUT2D eigenvalue weighted by Crippen LogP contribution is -2.08. The number of ether oxygens (including phenoxy) is 2. The normalized spacial score (nSPS) is 11.0. The highest BCUT2D eigenvalue weighted by atomic mass is 32.1. The van der Waals surface area contributed by atoms with E-state index in [1.165, 1.54) is 49.8 Å². The number of phenolic OH excluding ortho intramolecular Hbond substituents is 2. The zero-order valence-electron chi connectivity index (χ0n) is 18.0. The number of ketones is 2. The summed E-state index contributed by atoms with van der Waals surface area (Å²) < 4.78 is 10.2. The van der Waals surface area contributed by atoms with Gasteiger partial charge in [0.15, 0.2) is 34.6 Å². The standard InChI is InChI=1S/C26H22O6S/c1-31-25-14-17(7-11-23(25)29)5-9-21(27)20(16-19-4-3-13-33-19)22(28)10-6-18-8-12-24(30)26(15-18)32-2/h3-16,29-30H,1-2H3/b9-5+,10-6+. The van der Waals surface area contributed by atoms with E-state index in [0.29, 0.717) is 11.1 Å². The number of carbonyl (C=O) groups is 2. The number of carbonyl (C=O) groups excluding carboxylic acids is 2. The van der Waals surface area contributed by atoms with E-state index in [9.17, 15) is 19.8 Å². The molecule has 0 aliphatic heterocycles. The van der Waals surface area contributed by atoms with E-state index in [1.54, 1.807) is 42.5 Å². The number of hydrogen-bond donors (Lipinski definition) is 2. The van der Waals surface area contributed by atoms with Gasteiger partial charge < -0.3 is 19.7 Å². The van der Waals surface area contributed by atoms with E-state index in [1.807, 2.05) is 17.5 Å². The largest absolute Gasteiger partial charge is 0.504 e. The lowest BCUT2D eigenvalue weighted by molar-refractivity contribution is -0.116. The maximum Gasteiger partial charge on any atom is 0.189 e. The van der Waals surface area contributed by atoms with Crippen molar-refractivity contribution in [2.45, 2.75) is 0 Å². The van der Waals surface area contributed by atoms with Gasteiger partial charge in [-0.05, 0) is 65.1 Å². The van der Waals surface area contributed by atoms with Gasteiger partial charge in [0.1, 0.15) is 0 Å². The molecule has 0 radical (unpaired) electrons. The van der Waals surface area contributed by atoms with Crippen molar-refractivity contribution >= 4 is 41.1 Å². The van der Waals surface area contributed by atoms with Gasteiger partial charge in [-0.1, -0.05) is 30.4 Å². The maximum absolute atomic E-state index is 12.9. The molecule has 0 atom stereocenters. The molecule has 6 nitrogen and oxygen atoms in total. The number of allylic oxidation sites excluding steroid dienone is 3. The lowest BCUT2D eigenvalue weighted by Gasteiger charge is -2.04. The second kappa shape index (κ2) is 11.0. The Kier molecular flexibility index (Phi) is 7.83. The molecule has 0 spiro atoms. The van der Waals surface area contributed by atoms with Crippen LogP contribution in [0.4, 0.5) is 0 Å². The van der Waals surface area contributed by atoms with Gasteiger partial charge in [0, 0.05) is 4.88 Å². The molecule has 0 aliphatic rings. The van der Waals surface area contributed by atoms with Crippen molar-refractivity contribution in [2.24, 2.45) is 0 Å². The molecule has 0 saturated carbocycles. The molecule has 0 saturated heterocycles. The summed E-state index contributed by atoms with van der Waals surface area (Å²) in [6, 6.07) is 13.0. The number of aromatic hydroxyl groups is 2. The zero-order chi connectivity index (χ0) is 23.8. The molecule has 0 fully saturated rings.